The van der Waals surface area contributed by atoms with Gasteiger partial charge in [0, 0.05) is 0 Å². The summed E-state index contributed by atoms with van der Waals surface area (Å²) in [6.45, 7) is 6.64. The van der Waals surface area contributed by atoms with E-state index in [9.17, 15) is 5.11 Å². The molecule has 1 heteroatoms. The van der Waals surface area contributed by atoms with Crippen molar-refractivity contribution in [1.82, 2.24) is 0 Å². The van der Waals surface area contributed by atoms with Crippen LogP contribution in [0.4, 0.5) is 0 Å². The molecule has 0 spiro atoms. The summed E-state index contributed by atoms with van der Waals surface area (Å²) in [5, 5.41) is 10.0. The van der Waals surface area contributed by atoms with Gasteiger partial charge in [-0.05, 0) is 44.6 Å². The molecule has 0 aliphatic rings. The molecule has 1 atom stereocenters. The van der Waals surface area contributed by atoms with Gasteiger partial charge in [0.05, 0.1) is 6.10 Å². The first-order valence-electron chi connectivity index (χ1n) is 7.71. The number of aliphatic hydroxyl groups excluding tert-OH is 1. The second-order valence-electron chi connectivity index (χ2n) is 5.35. The lowest BCUT2D eigenvalue weighted by molar-refractivity contribution is 0.178. The van der Waals surface area contributed by atoms with E-state index in [0.717, 1.165) is 32.1 Å². The third kappa shape index (κ3) is 6.21. The fourth-order valence-electron chi connectivity index (χ4n) is 2.32. The van der Waals surface area contributed by atoms with Crippen molar-refractivity contribution in [1.29, 1.82) is 0 Å². The number of aliphatic hydroxyl groups is 1. The van der Waals surface area contributed by atoms with Crippen molar-refractivity contribution in [3.63, 3.8) is 0 Å². The van der Waals surface area contributed by atoms with Gasteiger partial charge in [0.15, 0.2) is 0 Å². The fourth-order valence-corrected chi connectivity index (χ4v) is 2.32. The summed E-state index contributed by atoms with van der Waals surface area (Å²) in [4.78, 5) is 0. The topological polar surface area (TPSA) is 20.2 Å². The minimum atomic E-state index is -0.282. The fraction of sp³-hybridized carbons (Fsp3) is 0.474. The first-order chi connectivity index (χ1) is 9.67. The van der Waals surface area contributed by atoms with E-state index in [1.807, 2.05) is 18.2 Å². The van der Waals surface area contributed by atoms with Crippen molar-refractivity contribution < 1.29 is 5.11 Å². The SMILES string of the molecule is CC/C(C)=C(\CC)C/C=C/CC(O)Cc1ccccc1. The van der Waals surface area contributed by atoms with Gasteiger partial charge in [-0.2, -0.15) is 0 Å². The van der Waals surface area contributed by atoms with Gasteiger partial charge in [-0.25, -0.2) is 0 Å². The van der Waals surface area contributed by atoms with Gasteiger partial charge in [-0.1, -0.05) is 67.5 Å². The molecule has 20 heavy (non-hydrogen) atoms. The van der Waals surface area contributed by atoms with Crippen molar-refractivity contribution in [3.05, 3.63) is 59.2 Å². The van der Waals surface area contributed by atoms with Crippen LogP contribution in [0.15, 0.2) is 53.6 Å². The number of rotatable bonds is 8. The first-order valence-corrected chi connectivity index (χ1v) is 7.71. The van der Waals surface area contributed by atoms with Crippen LogP contribution in [-0.2, 0) is 6.42 Å². The Bertz CT molecular complexity index is 428. The molecule has 1 N–H and O–H groups in total. The van der Waals surface area contributed by atoms with Crippen LogP contribution in [0.2, 0.25) is 0 Å². The summed E-state index contributed by atoms with van der Waals surface area (Å²) in [5.41, 5.74) is 4.23. The summed E-state index contributed by atoms with van der Waals surface area (Å²) in [5.74, 6) is 0. The van der Waals surface area contributed by atoms with Crippen molar-refractivity contribution in [2.75, 3.05) is 0 Å². The Kier molecular flexibility index (Phi) is 7.98. The van der Waals surface area contributed by atoms with Gasteiger partial charge in [0.25, 0.3) is 0 Å². The Balaban J connectivity index is 2.37. The van der Waals surface area contributed by atoms with Crippen LogP contribution in [-0.4, -0.2) is 11.2 Å². The standard InChI is InChI=1S/C19H28O/c1-4-16(3)18(5-2)13-9-10-14-19(20)15-17-11-7-6-8-12-17/h6-12,19-20H,4-5,13-15H2,1-3H3/b10-9+,18-16+. The predicted octanol–water partition coefficient (Wildman–Crippen LogP) is 5.06. The number of allylic oxidation sites excluding steroid dienone is 3. The highest BCUT2D eigenvalue weighted by Crippen LogP contribution is 2.16. The summed E-state index contributed by atoms with van der Waals surface area (Å²) in [7, 11) is 0. The molecule has 0 heterocycles. The molecule has 0 radical (unpaired) electrons. The zero-order valence-electron chi connectivity index (χ0n) is 13.1. The van der Waals surface area contributed by atoms with Gasteiger partial charge < -0.3 is 5.11 Å². The van der Waals surface area contributed by atoms with Crippen molar-refractivity contribution >= 4 is 0 Å². The molecule has 0 aliphatic heterocycles. The molecule has 0 fully saturated rings. The van der Waals surface area contributed by atoms with Crippen LogP contribution in [0.3, 0.4) is 0 Å². The quantitative estimate of drug-likeness (QED) is 0.656. The Hall–Kier alpha value is -1.34. The lowest BCUT2D eigenvalue weighted by atomic mass is 10.0. The molecule has 0 amide bonds. The van der Waals surface area contributed by atoms with E-state index >= 15 is 0 Å². The van der Waals surface area contributed by atoms with Crippen LogP contribution < -0.4 is 0 Å². The minimum absolute atomic E-state index is 0.282. The van der Waals surface area contributed by atoms with Crippen LogP contribution >= 0.6 is 0 Å². The number of hydrogen-bond donors (Lipinski definition) is 1. The minimum Gasteiger partial charge on any atom is -0.392 e. The Labute approximate surface area is 124 Å². The molecule has 1 rings (SSSR count). The van der Waals surface area contributed by atoms with Crippen molar-refractivity contribution in [3.8, 4) is 0 Å². The number of hydrogen-bond acceptors (Lipinski definition) is 1. The lowest BCUT2D eigenvalue weighted by Crippen LogP contribution is -2.08. The molecule has 110 valence electrons. The molecule has 1 unspecified atom stereocenters. The largest absolute Gasteiger partial charge is 0.392 e. The van der Waals surface area contributed by atoms with E-state index < -0.39 is 0 Å². The van der Waals surface area contributed by atoms with E-state index in [2.05, 4.69) is 45.1 Å². The molecule has 0 aliphatic carbocycles. The van der Waals surface area contributed by atoms with Crippen molar-refractivity contribution in [2.24, 2.45) is 0 Å². The maximum atomic E-state index is 10.0. The Morgan fingerprint density at radius 3 is 2.40 bits per heavy atom. The van der Waals surface area contributed by atoms with E-state index in [-0.39, 0.29) is 6.10 Å². The number of benzene rings is 1. The van der Waals surface area contributed by atoms with Gasteiger partial charge in [-0.15, -0.1) is 0 Å². The summed E-state index contributed by atoms with van der Waals surface area (Å²) in [6.07, 6.45) is 8.78. The second kappa shape index (κ2) is 9.55. The highest BCUT2D eigenvalue weighted by atomic mass is 16.3. The zero-order valence-corrected chi connectivity index (χ0v) is 13.1. The third-order valence-electron chi connectivity index (χ3n) is 3.81. The molecular weight excluding hydrogens is 244 g/mol. The van der Waals surface area contributed by atoms with E-state index in [1.165, 1.54) is 16.7 Å². The summed E-state index contributed by atoms with van der Waals surface area (Å²) >= 11 is 0. The molecule has 1 aromatic rings. The highest BCUT2D eigenvalue weighted by Gasteiger charge is 2.03. The third-order valence-corrected chi connectivity index (χ3v) is 3.81. The molecule has 1 aromatic carbocycles. The lowest BCUT2D eigenvalue weighted by Gasteiger charge is -2.08. The molecule has 0 saturated heterocycles. The van der Waals surface area contributed by atoms with E-state index in [1.54, 1.807) is 0 Å². The Morgan fingerprint density at radius 1 is 1.10 bits per heavy atom. The van der Waals surface area contributed by atoms with Crippen molar-refractivity contribution in [2.45, 2.75) is 59.0 Å². The van der Waals surface area contributed by atoms with Gasteiger partial charge in [0.1, 0.15) is 0 Å². The predicted molar refractivity (Wildman–Crippen MR) is 87.8 cm³/mol. The molecular formula is C19H28O. The Morgan fingerprint density at radius 2 is 1.80 bits per heavy atom. The average Bonchev–Trinajstić information content (AvgIpc) is 2.47. The van der Waals surface area contributed by atoms with Crippen LogP contribution in [0.25, 0.3) is 0 Å². The molecule has 0 bridgehead atoms. The van der Waals surface area contributed by atoms with Gasteiger partial charge in [-0.3, -0.25) is 0 Å². The van der Waals surface area contributed by atoms with E-state index in [0.29, 0.717) is 0 Å². The highest BCUT2D eigenvalue weighted by molar-refractivity contribution is 5.16. The molecule has 0 aromatic heterocycles. The normalized spacial score (nSPS) is 14.4. The summed E-state index contributed by atoms with van der Waals surface area (Å²) < 4.78 is 0. The molecule has 0 saturated carbocycles. The van der Waals surface area contributed by atoms with Crippen LogP contribution in [0.1, 0.15) is 52.0 Å². The van der Waals surface area contributed by atoms with Crippen LogP contribution in [0, 0.1) is 0 Å². The monoisotopic (exact) mass is 272 g/mol. The zero-order chi connectivity index (χ0) is 14.8. The van der Waals surface area contributed by atoms with Gasteiger partial charge >= 0.3 is 0 Å². The molecule has 1 nitrogen and oxygen atoms in total. The second-order valence-corrected chi connectivity index (χ2v) is 5.35. The van der Waals surface area contributed by atoms with Crippen LogP contribution in [0.5, 0.6) is 0 Å². The van der Waals surface area contributed by atoms with Gasteiger partial charge in [0.2, 0.25) is 0 Å². The summed E-state index contributed by atoms with van der Waals surface area (Å²) in [6, 6.07) is 10.2. The maximum absolute atomic E-state index is 10.0. The first kappa shape index (κ1) is 16.7. The van der Waals surface area contributed by atoms with E-state index in [4.69, 9.17) is 0 Å². The smallest absolute Gasteiger partial charge is 0.0614 e. The average molecular weight is 272 g/mol. The maximum Gasteiger partial charge on any atom is 0.0614 e.